The van der Waals surface area contributed by atoms with Crippen molar-refractivity contribution in [1.82, 2.24) is 14.2 Å². The van der Waals surface area contributed by atoms with Gasteiger partial charge in [0.05, 0.1) is 27.7 Å². The minimum absolute atomic E-state index is 0.0354. The minimum atomic E-state index is -3.80. The highest BCUT2D eigenvalue weighted by atomic mass is 32.2. The van der Waals surface area contributed by atoms with E-state index in [1.807, 2.05) is 10.4 Å². The number of hydrogen-bond donors (Lipinski definition) is 0. The second-order valence-corrected chi connectivity index (χ2v) is 13.9. The third kappa shape index (κ3) is 4.15. The summed E-state index contributed by atoms with van der Waals surface area (Å²) in [7, 11) is -2.25. The Morgan fingerprint density at radius 2 is 1.89 bits per heavy atom. The molecule has 0 bridgehead atoms. The molecule has 3 aromatic rings. The number of nitrogens with zero attached hydrogens (tertiary/aromatic N) is 3. The second kappa shape index (κ2) is 8.78. The molecule has 3 saturated carbocycles. The summed E-state index contributed by atoms with van der Waals surface area (Å²) in [5.41, 5.74) is 3.85. The van der Waals surface area contributed by atoms with E-state index in [1.165, 1.54) is 6.42 Å². The van der Waals surface area contributed by atoms with Gasteiger partial charge in [-0.2, -0.15) is 4.31 Å². The molecule has 194 valence electrons. The van der Waals surface area contributed by atoms with Gasteiger partial charge in [-0.1, -0.05) is 6.07 Å². The van der Waals surface area contributed by atoms with Crippen LogP contribution < -0.4 is 4.74 Å². The predicted molar refractivity (Wildman–Crippen MR) is 142 cm³/mol. The number of hydrogen-bond acceptors (Lipinski definition) is 6. The summed E-state index contributed by atoms with van der Waals surface area (Å²) in [5, 5.41) is 0. The van der Waals surface area contributed by atoms with Gasteiger partial charge in [0.15, 0.2) is 0 Å². The van der Waals surface area contributed by atoms with E-state index in [-0.39, 0.29) is 28.8 Å². The van der Waals surface area contributed by atoms with Crippen molar-refractivity contribution in [2.24, 2.45) is 17.8 Å². The molecule has 7 rings (SSSR count). The van der Waals surface area contributed by atoms with E-state index in [0.717, 1.165) is 47.4 Å². The van der Waals surface area contributed by atoms with Crippen LogP contribution in [0.25, 0.3) is 10.2 Å². The zero-order chi connectivity index (χ0) is 25.3. The van der Waals surface area contributed by atoms with Crippen molar-refractivity contribution in [2.75, 3.05) is 7.11 Å². The maximum Gasteiger partial charge on any atom is 0.244 e. The zero-order valence-electron chi connectivity index (χ0n) is 20.8. The van der Waals surface area contributed by atoms with Crippen molar-refractivity contribution in [3.8, 4) is 5.75 Å². The second-order valence-electron chi connectivity index (χ2n) is 11.2. The first-order valence-corrected chi connectivity index (χ1v) is 15.5. The lowest BCUT2D eigenvalue weighted by Crippen LogP contribution is -2.52. The normalized spacial score (nSPS) is 30.5. The number of thiazole rings is 1. The fourth-order valence-electron chi connectivity index (χ4n) is 6.73. The standard InChI is InChI=1S/C28H31N3O4S2/c1-35-22-5-7-23(8-6-22)37(33,34)31-25-13-20(25)14-26(31)28(32)30(21-4-3-18-11-19(18)12-21)15-17-2-9-27-24(10-17)29-16-36-27/h2,5-10,16,18-21,25-26H,3-4,11-15H2,1H3/t18?,19?,20-,21?,25-,26+/m1/s1. The number of methoxy groups -OCH3 is 1. The highest BCUT2D eigenvalue weighted by Crippen LogP contribution is 2.53. The van der Waals surface area contributed by atoms with Crippen molar-refractivity contribution in [3.05, 3.63) is 53.5 Å². The topological polar surface area (TPSA) is 79.8 Å². The molecule has 1 saturated heterocycles. The summed E-state index contributed by atoms with van der Waals surface area (Å²) in [5.74, 6) is 2.38. The van der Waals surface area contributed by atoms with Crippen LogP contribution in [-0.2, 0) is 21.4 Å². The summed E-state index contributed by atoms with van der Waals surface area (Å²) < 4.78 is 35.5. The molecule has 6 atom stereocenters. The molecule has 4 fully saturated rings. The molecule has 3 aliphatic carbocycles. The first kappa shape index (κ1) is 23.6. The number of carbonyl (C=O) groups excluding carboxylic acids is 1. The maximum atomic E-state index is 14.3. The van der Waals surface area contributed by atoms with Gasteiger partial charge < -0.3 is 9.64 Å². The number of ether oxygens (including phenoxy) is 1. The molecular weight excluding hydrogens is 506 g/mol. The van der Waals surface area contributed by atoms with Crippen LogP contribution in [0.1, 0.15) is 44.1 Å². The maximum absolute atomic E-state index is 14.3. The molecule has 2 heterocycles. The molecule has 1 aliphatic heterocycles. The Morgan fingerprint density at radius 3 is 2.68 bits per heavy atom. The van der Waals surface area contributed by atoms with Gasteiger partial charge in [0.1, 0.15) is 11.8 Å². The molecule has 2 aromatic carbocycles. The number of piperidine rings is 1. The number of benzene rings is 2. The average molecular weight is 538 g/mol. The van der Waals surface area contributed by atoms with Gasteiger partial charge in [-0.05, 0) is 98.2 Å². The van der Waals surface area contributed by atoms with Crippen LogP contribution in [0.15, 0.2) is 52.9 Å². The van der Waals surface area contributed by atoms with Gasteiger partial charge >= 0.3 is 0 Å². The van der Waals surface area contributed by atoms with Gasteiger partial charge in [0.2, 0.25) is 15.9 Å². The third-order valence-electron chi connectivity index (χ3n) is 8.95. The lowest BCUT2D eigenvalue weighted by atomic mass is 9.93. The van der Waals surface area contributed by atoms with Gasteiger partial charge in [0, 0.05) is 18.6 Å². The molecule has 7 nitrogen and oxygen atoms in total. The number of sulfonamides is 1. The van der Waals surface area contributed by atoms with Crippen LogP contribution in [0.5, 0.6) is 5.75 Å². The lowest BCUT2D eigenvalue weighted by Gasteiger charge is -2.38. The van der Waals surface area contributed by atoms with Crippen LogP contribution in [0, 0.1) is 17.8 Å². The first-order valence-electron chi connectivity index (χ1n) is 13.2. The Kier molecular flexibility index (Phi) is 5.60. The van der Waals surface area contributed by atoms with Gasteiger partial charge in [-0.25, -0.2) is 13.4 Å². The Morgan fingerprint density at radius 1 is 1.05 bits per heavy atom. The molecule has 1 aromatic heterocycles. The van der Waals surface area contributed by atoms with Crippen LogP contribution in [-0.4, -0.2) is 53.7 Å². The van der Waals surface area contributed by atoms with Gasteiger partial charge in [-0.15, -0.1) is 11.3 Å². The average Bonchev–Trinajstić information content (AvgIpc) is 3.77. The molecule has 1 amide bonds. The summed E-state index contributed by atoms with van der Waals surface area (Å²) in [6, 6.07) is 12.2. The SMILES string of the molecule is COc1ccc(S(=O)(=O)N2[C@@H]3C[C@@H]3C[C@H]2C(=O)N(Cc2ccc3scnc3c2)C2CCC3CC3C2)cc1. The van der Waals surface area contributed by atoms with Gasteiger partial charge in [-0.3, -0.25) is 4.79 Å². The van der Waals surface area contributed by atoms with Crippen molar-refractivity contribution in [1.29, 1.82) is 0 Å². The highest BCUT2D eigenvalue weighted by Gasteiger charge is 2.60. The van der Waals surface area contributed by atoms with E-state index >= 15 is 0 Å². The van der Waals surface area contributed by atoms with E-state index in [9.17, 15) is 13.2 Å². The zero-order valence-corrected chi connectivity index (χ0v) is 22.5. The fraction of sp³-hybridized carbons (Fsp3) is 0.500. The van der Waals surface area contributed by atoms with Crippen molar-refractivity contribution in [3.63, 3.8) is 0 Å². The molecule has 37 heavy (non-hydrogen) atoms. The lowest BCUT2D eigenvalue weighted by molar-refractivity contribution is -0.139. The molecule has 0 radical (unpaired) electrons. The Bertz CT molecular complexity index is 1450. The Balaban J connectivity index is 1.20. The number of carbonyl (C=O) groups is 1. The Hall–Kier alpha value is -2.49. The Labute approximate surface area is 221 Å². The van der Waals surface area contributed by atoms with Gasteiger partial charge in [0.25, 0.3) is 0 Å². The summed E-state index contributed by atoms with van der Waals surface area (Å²) in [4.78, 5) is 21.0. The van der Waals surface area contributed by atoms with E-state index < -0.39 is 16.1 Å². The largest absolute Gasteiger partial charge is 0.497 e. The molecule has 4 aliphatic rings. The number of amides is 1. The van der Waals surface area contributed by atoms with E-state index in [0.29, 0.717) is 24.6 Å². The smallest absolute Gasteiger partial charge is 0.244 e. The van der Waals surface area contributed by atoms with Crippen LogP contribution in [0.3, 0.4) is 0 Å². The fourth-order valence-corrected chi connectivity index (χ4v) is 9.24. The van der Waals surface area contributed by atoms with Crippen LogP contribution >= 0.6 is 11.3 Å². The van der Waals surface area contributed by atoms with E-state index in [2.05, 4.69) is 23.2 Å². The first-order chi connectivity index (χ1) is 17.9. The van der Waals surface area contributed by atoms with Crippen LogP contribution in [0.4, 0.5) is 0 Å². The predicted octanol–water partition coefficient (Wildman–Crippen LogP) is 4.67. The highest BCUT2D eigenvalue weighted by molar-refractivity contribution is 7.89. The minimum Gasteiger partial charge on any atom is -0.497 e. The van der Waals surface area contributed by atoms with Crippen molar-refractivity contribution >= 4 is 37.5 Å². The molecular formula is C28H31N3O4S2. The summed E-state index contributed by atoms with van der Waals surface area (Å²) in [6.45, 7) is 0.497. The number of fused-ring (bicyclic) bond motifs is 3. The third-order valence-corrected chi connectivity index (χ3v) is 11.7. The summed E-state index contributed by atoms with van der Waals surface area (Å²) >= 11 is 1.61. The number of rotatable bonds is 7. The van der Waals surface area contributed by atoms with E-state index in [1.54, 1.807) is 47.0 Å². The molecule has 0 N–H and O–H groups in total. The van der Waals surface area contributed by atoms with Crippen molar-refractivity contribution < 1.29 is 17.9 Å². The molecule has 0 spiro atoms. The molecule has 3 unspecified atom stereocenters. The monoisotopic (exact) mass is 537 g/mol. The van der Waals surface area contributed by atoms with Crippen LogP contribution in [0.2, 0.25) is 0 Å². The molecule has 9 heteroatoms. The number of aromatic nitrogens is 1. The van der Waals surface area contributed by atoms with Crippen molar-refractivity contribution in [2.45, 2.75) is 68.1 Å². The quantitative estimate of drug-likeness (QED) is 0.438. The summed E-state index contributed by atoms with van der Waals surface area (Å²) in [6.07, 6.45) is 5.91. The van der Waals surface area contributed by atoms with E-state index in [4.69, 9.17) is 4.74 Å².